The second kappa shape index (κ2) is 6.90. The highest BCUT2D eigenvalue weighted by atomic mass is 32.2. The number of benzene rings is 1. The minimum absolute atomic E-state index is 0.267. The Bertz CT molecular complexity index is 441. The van der Waals surface area contributed by atoms with E-state index in [0.717, 1.165) is 17.0 Å². The van der Waals surface area contributed by atoms with Gasteiger partial charge in [-0.15, -0.1) is 0 Å². The van der Waals surface area contributed by atoms with Gasteiger partial charge in [0.25, 0.3) is 0 Å². The van der Waals surface area contributed by atoms with Crippen LogP contribution in [0, 0.1) is 10.8 Å². The zero-order chi connectivity index (χ0) is 15.4. The van der Waals surface area contributed by atoms with Crippen molar-refractivity contribution in [2.75, 3.05) is 14.2 Å². The van der Waals surface area contributed by atoms with E-state index in [2.05, 4.69) is 58.8 Å². The van der Waals surface area contributed by atoms with Gasteiger partial charge in [-0.05, 0) is 42.0 Å². The predicted molar refractivity (Wildman–Crippen MR) is 91.3 cm³/mol. The fourth-order valence-electron chi connectivity index (χ4n) is 1.69. The first-order valence-corrected chi connectivity index (χ1v) is 7.88. The smallest absolute Gasteiger partial charge is 0.152 e. The number of hydrogen-bond donors (Lipinski definition) is 1. The van der Waals surface area contributed by atoms with Gasteiger partial charge >= 0.3 is 0 Å². The number of methoxy groups -OCH3 is 1. The van der Waals surface area contributed by atoms with Crippen molar-refractivity contribution in [1.82, 2.24) is 4.72 Å². The first-order chi connectivity index (χ1) is 9.21. The molecule has 0 aliphatic carbocycles. The molecule has 1 rings (SSSR count). The van der Waals surface area contributed by atoms with E-state index in [1.165, 1.54) is 5.46 Å². The van der Waals surface area contributed by atoms with Crippen LogP contribution in [0.15, 0.2) is 23.1 Å². The third-order valence-corrected chi connectivity index (χ3v) is 5.02. The molecule has 0 heterocycles. The molecule has 0 bridgehead atoms. The van der Waals surface area contributed by atoms with Crippen molar-refractivity contribution in [1.29, 1.82) is 0 Å². The van der Waals surface area contributed by atoms with E-state index in [1.807, 2.05) is 13.1 Å². The highest BCUT2D eigenvalue weighted by Crippen LogP contribution is 2.40. The maximum Gasteiger partial charge on any atom is 0.152 e. The van der Waals surface area contributed by atoms with E-state index in [4.69, 9.17) is 4.74 Å². The molecular weight excluding hydrogens is 265 g/mol. The van der Waals surface area contributed by atoms with Crippen LogP contribution < -0.4 is 14.9 Å². The van der Waals surface area contributed by atoms with Gasteiger partial charge in [0.05, 0.1) is 12.0 Å². The molecule has 2 nitrogen and oxygen atoms in total. The Kier molecular flexibility index (Phi) is 6.02. The van der Waals surface area contributed by atoms with E-state index >= 15 is 0 Å². The van der Waals surface area contributed by atoms with Crippen LogP contribution >= 0.6 is 11.9 Å². The minimum Gasteiger partial charge on any atom is -0.496 e. The van der Waals surface area contributed by atoms with Gasteiger partial charge < -0.3 is 4.74 Å². The molecule has 4 heteroatoms. The predicted octanol–water partition coefficient (Wildman–Crippen LogP) is 3.74. The van der Waals surface area contributed by atoms with E-state index in [0.29, 0.717) is 5.41 Å². The molecule has 0 unspecified atom stereocenters. The third kappa shape index (κ3) is 4.46. The second-order valence-corrected chi connectivity index (χ2v) is 7.81. The highest BCUT2D eigenvalue weighted by molar-refractivity contribution is 7.97. The maximum absolute atomic E-state index is 5.38. The van der Waals surface area contributed by atoms with Gasteiger partial charge in [-0.25, -0.2) is 0 Å². The van der Waals surface area contributed by atoms with Crippen LogP contribution in [0.1, 0.15) is 34.6 Å². The normalized spacial score (nSPS) is 12.3. The summed E-state index contributed by atoms with van der Waals surface area (Å²) in [6.07, 6.45) is 1.06. The van der Waals surface area contributed by atoms with Crippen LogP contribution in [0.2, 0.25) is 6.32 Å². The molecule has 0 amide bonds. The third-order valence-electron chi connectivity index (χ3n) is 4.28. The van der Waals surface area contributed by atoms with E-state index in [9.17, 15) is 0 Å². The Morgan fingerprint density at radius 2 is 1.85 bits per heavy atom. The summed E-state index contributed by atoms with van der Waals surface area (Å²) in [6.45, 7) is 11.6. The van der Waals surface area contributed by atoms with Gasteiger partial charge in [-0.2, -0.15) is 0 Å². The van der Waals surface area contributed by atoms with Gasteiger partial charge in [0, 0.05) is 0 Å². The quantitative estimate of drug-likeness (QED) is 0.637. The van der Waals surface area contributed by atoms with Crippen LogP contribution in [-0.4, -0.2) is 21.4 Å². The van der Waals surface area contributed by atoms with Crippen molar-refractivity contribution in [2.45, 2.75) is 45.8 Å². The van der Waals surface area contributed by atoms with Crippen LogP contribution in [-0.2, 0) is 0 Å². The average Bonchev–Trinajstić information content (AvgIpc) is 2.36. The molecule has 0 saturated carbocycles. The monoisotopic (exact) mass is 292 g/mol. The van der Waals surface area contributed by atoms with Crippen molar-refractivity contribution < 1.29 is 4.74 Å². The summed E-state index contributed by atoms with van der Waals surface area (Å²) in [5, 5.41) is 0. The molecule has 1 aromatic rings. The van der Waals surface area contributed by atoms with Crippen LogP contribution in [0.3, 0.4) is 0 Å². The molecule has 1 N–H and O–H groups in total. The average molecular weight is 292 g/mol. The fourth-order valence-corrected chi connectivity index (χ4v) is 2.36. The number of rotatable bonds is 6. The van der Waals surface area contributed by atoms with Gasteiger partial charge in [0.1, 0.15) is 5.75 Å². The Morgan fingerprint density at radius 3 is 2.35 bits per heavy atom. The van der Waals surface area contributed by atoms with Crippen LogP contribution in [0.25, 0.3) is 0 Å². The van der Waals surface area contributed by atoms with Crippen molar-refractivity contribution in [3.05, 3.63) is 18.2 Å². The summed E-state index contributed by atoms with van der Waals surface area (Å²) in [5.74, 6) is 0.914. The summed E-state index contributed by atoms with van der Waals surface area (Å²) < 4.78 is 8.48. The SMILES string of the molecule is CNSc1cc([B]CC(C)(C)C(C)(C)C)ccc1OC. The van der Waals surface area contributed by atoms with Gasteiger partial charge in [-0.3, -0.25) is 4.72 Å². The maximum atomic E-state index is 5.38. The molecule has 0 aliphatic rings. The molecule has 1 radical (unpaired) electrons. The van der Waals surface area contributed by atoms with E-state index in [1.54, 1.807) is 19.1 Å². The molecule has 0 aliphatic heterocycles. The zero-order valence-corrected chi connectivity index (χ0v) is 14.6. The van der Waals surface area contributed by atoms with Gasteiger partial charge in [0.2, 0.25) is 0 Å². The van der Waals surface area contributed by atoms with E-state index < -0.39 is 0 Å². The first-order valence-electron chi connectivity index (χ1n) is 7.06. The lowest BCUT2D eigenvalue weighted by Gasteiger charge is -2.39. The number of ether oxygens (including phenoxy) is 1. The van der Waals surface area contributed by atoms with Crippen molar-refractivity contribution >= 4 is 24.7 Å². The Balaban J connectivity index is 2.81. The standard InChI is InChI=1S/C16H27BNOS/c1-15(2,3)16(4,5)11-17-12-8-9-13(19-7)14(10-12)20-18-6/h8-10,18H,11H2,1-7H3. The number of nitrogens with one attached hydrogen (secondary N) is 1. The van der Waals surface area contributed by atoms with Crippen LogP contribution in [0.5, 0.6) is 5.75 Å². The molecule has 111 valence electrons. The molecule has 0 fully saturated rings. The highest BCUT2D eigenvalue weighted by Gasteiger charge is 2.32. The number of hydrogen-bond acceptors (Lipinski definition) is 3. The Labute approximate surface area is 129 Å². The summed E-state index contributed by atoms with van der Waals surface area (Å²) in [6, 6.07) is 6.34. The summed E-state index contributed by atoms with van der Waals surface area (Å²) >= 11 is 1.58. The first kappa shape index (κ1) is 17.4. The molecule has 0 aromatic heterocycles. The van der Waals surface area contributed by atoms with Gasteiger partial charge in [0.15, 0.2) is 7.28 Å². The fraction of sp³-hybridized carbons (Fsp3) is 0.625. The van der Waals surface area contributed by atoms with E-state index in [-0.39, 0.29) is 5.41 Å². The minimum atomic E-state index is 0.267. The summed E-state index contributed by atoms with van der Waals surface area (Å²) in [7, 11) is 5.95. The molecular formula is C16H27BNOS. The van der Waals surface area contributed by atoms with Crippen molar-refractivity contribution in [3.8, 4) is 5.75 Å². The molecule has 0 saturated heterocycles. The Morgan fingerprint density at radius 1 is 1.20 bits per heavy atom. The molecule has 0 atom stereocenters. The largest absolute Gasteiger partial charge is 0.496 e. The van der Waals surface area contributed by atoms with Crippen molar-refractivity contribution in [3.63, 3.8) is 0 Å². The summed E-state index contributed by atoms with van der Waals surface area (Å²) in [4.78, 5) is 1.12. The van der Waals surface area contributed by atoms with Crippen LogP contribution in [0.4, 0.5) is 0 Å². The lowest BCUT2D eigenvalue weighted by atomic mass is 9.53. The zero-order valence-electron chi connectivity index (χ0n) is 13.8. The second-order valence-electron chi connectivity index (χ2n) is 6.76. The lowest BCUT2D eigenvalue weighted by Crippen LogP contribution is -2.33. The molecule has 0 spiro atoms. The lowest BCUT2D eigenvalue weighted by molar-refractivity contribution is 0.157. The molecule has 20 heavy (non-hydrogen) atoms. The topological polar surface area (TPSA) is 21.3 Å². The van der Waals surface area contributed by atoms with Crippen molar-refractivity contribution in [2.24, 2.45) is 10.8 Å². The Hall–Kier alpha value is -0.605. The molecule has 1 aromatic carbocycles. The summed E-state index contributed by atoms with van der Waals surface area (Å²) in [5.41, 5.74) is 1.81. The van der Waals surface area contributed by atoms with Gasteiger partial charge in [-0.1, -0.05) is 52.5 Å².